The first-order chi connectivity index (χ1) is 9.35. The molecule has 0 spiro atoms. The van der Waals surface area contributed by atoms with Gasteiger partial charge in [-0.3, -0.25) is 0 Å². The van der Waals surface area contributed by atoms with E-state index >= 15 is 0 Å². The Kier molecular flexibility index (Phi) is 2.97. The van der Waals surface area contributed by atoms with Crippen LogP contribution in [0, 0.1) is 11.3 Å². The van der Waals surface area contributed by atoms with Crippen molar-refractivity contribution in [1.82, 2.24) is 0 Å². The Morgan fingerprint density at radius 1 is 1.26 bits per heavy atom. The van der Waals surface area contributed by atoms with E-state index in [1.54, 1.807) is 0 Å². The molecular weight excluding hydrogens is 232 g/mol. The van der Waals surface area contributed by atoms with Crippen molar-refractivity contribution in [2.24, 2.45) is 0 Å². The summed E-state index contributed by atoms with van der Waals surface area (Å²) in [4.78, 5) is 2.30. The number of hydrogen-bond acceptors (Lipinski definition) is 2. The van der Waals surface area contributed by atoms with Crippen molar-refractivity contribution >= 4 is 16.5 Å². The van der Waals surface area contributed by atoms with Crippen molar-refractivity contribution in [3.8, 4) is 6.07 Å². The van der Waals surface area contributed by atoms with E-state index in [2.05, 4.69) is 35.7 Å². The predicted molar refractivity (Wildman–Crippen MR) is 79.2 cm³/mol. The van der Waals surface area contributed by atoms with Gasteiger partial charge in [0.1, 0.15) is 6.07 Å². The van der Waals surface area contributed by atoms with Crippen LogP contribution in [0.3, 0.4) is 0 Å². The molecule has 19 heavy (non-hydrogen) atoms. The number of hydrogen-bond donors (Lipinski definition) is 0. The summed E-state index contributed by atoms with van der Waals surface area (Å²) < 4.78 is 0. The molecule has 0 amide bonds. The molecule has 0 saturated carbocycles. The van der Waals surface area contributed by atoms with Crippen LogP contribution < -0.4 is 4.90 Å². The summed E-state index contributed by atoms with van der Waals surface area (Å²) in [6, 6.07) is 15.0. The lowest BCUT2D eigenvalue weighted by Gasteiger charge is -2.25. The maximum atomic E-state index is 9.53. The summed E-state index contributed by atoms with van der Waals surface area (Å²) in [5.74, 6) is 0. The zero-order valence-corrected chi connectivity index (χ0v) is 10.8. The lowest BCUT2D eigenvalue weighted by Crippen LogP contribution is -2.27. The first-order valence-corrected chi connectivity index (χ1v) is 6.66. The molecule has 1 aliphatic heterocycles. The van der Waals surface area contributed by atoms with Crippen LogP contribution in [0.15, 0.2) is 49.1 Å². The van der Waals surface area contributed by atoms with Crippen LogP contribution in [0.4, 0.5) is 5.69 Å². The minimum atomic E-state index is 0.355. The molecule has 1 atom stereocenters. The summed E-state index contributed by atoms with van der Waals surface area (Å²) in [6.07, 6.45) is 4.28. The third kappa shape index (κ3) is 1.88. The van der Waals surface area contributed by atoms with Gasteiger partial charge in [-0.25, -0.2) is 0 Å². The van der Waals surface area contributed by atoms with Crippen LogP contribution in [-0.4, -0.2) is 12.6 Å². The SMILES string of the molecule is C=CC1CCCN1c1ccc2ccccc2c1C#N. The smallest absolute Gasteiger partial charge is 0.102 e. The molecule has 1 heterocycles. The summed E-state index contributed by atoms with van der Waals surface area (Å²) in [7, 11) is 0. The van der Waals surface area contributed by atoms with Crippen molar-refractivity contribution in [2.45, 2.75) is 18.9 Å². The second-order valence-electron chi connectivity index (χ2n) is 4.93. The Morgan fingerprint density at radius 3 is 2.89 bits per heavy atom. The topological polar surface area (TPSA) is 27.0 Å². The van der Waals surface area contributed by atoms with Gasteiger partial charge >= 0.3 is 0 Å². The van der Waals surface area contributed by atoms with Crippen molar-refractivity contribution in [3.05, 3.63) is 54.6 Å². The number of anilines is 1. The van der Waals surface area contributed by atoms with Crippen molar-refractivity contribution in [1.29, 1.82) is 5.26 Å². The highest BCUT2D eigenvalue weighted by Gasteiger charge is 2.24. The second kappa shape index (κ2) is 4.78. The van der Waals surface area contributed by atoms with Gasteiger partial charge in [-0.1, -0.05) is 36.4 Å². The maximum absolute atomic E-state index is 9.53. The van der Waals surface area contributed by atoms with Crippen LogP contribution in [0.1, 0.15) is 18.4 Å². The molecule has 0 bridgehead atoms. The highest BCUT2D eigenvalue weighted by atomic mass is 15.2. The van der Waals surface area contributed by atoms with E-state index in [4.69, 9.17) is 0 Å². The summed E-state index contributed by atoms with van der Waals surface area (Å²) in [5.41, 5.74) is 1.83. The molecule has 1 fully saturated rings. The molecule has 1 unspecified atom stereocenters. The number of fused-ring (bicyclic) bond motifs is 1. The van der Waals surface area contributed by atoms with Gasteiger partial charge < -0.3 is 4.90 Å². The predicted octanol–water partition coefficient (Wildman–Crippen LogP) is 3.87. The van der Waals surface area contributed by atoms with Gasteiger partial charge in [0.05, 0.1) is 11.3 Å². The summed E-state index contributed by atoms with van der Waals surface area (Å²) in [6.45, 7) is 4.92. The Labute approximate surface area is 113 Å². The summed E-state index contributed by atoms with van der Waals surface area (Å²) >= 11 is 0. The first kappa shape index (κ1) is 11.8. The zero-order valence-electron chi connectivity index (χ0n) is 10.8. The van der Waals surface area contributed by atoms with Crippen molar-refractivity contribution in [2.75, 3.05) is 11.4 Å². The highest BCUT2D eigenvalue weighted by Crippen LogP contribution is 2.33. The van der Waals surface area contributed by atoms with Crippen molar-refractivity contribution < 1.29 is 0 Å². The largest absolute Gasteiger partial charge is 0.364 e. The van der Waals surface area contributed by atoms with E-state index in [1.807, 2.05) is 24.3 Å². The summed E-state index contributed by atoms with van der Waals surface area (Å²) in [5, 5.41) is 11.7. The highest BCUT2D eigenvalue weighted by molar-refractivity contribution is 5.93. The standard InChI is InChI=1S/C17H16N2/c1-2-14-7-5-11-19(14)17-10-9-13-6-3-4-8-15(13)16(17)12-18/h2-4,6,8-10,14H,1,5,7,11H2. The van der Waals surface area contributed by atoms with E-state index in [-0.39, 0.29) is 0 Å². The van der Waals surface area contributed by atoms with Gasteiger partial charge in [-0.05, 0) is 24.3 Å². The Bertz CT molecular complexity index is 667. The van der Waals surface area contributed by atoms with Crippen LogP contribution >= 0.6 is 0 Å². The number of nitrogens with zero attached hydrogens (tertiary/aromatic N) is 2. The van der Waals surface area contributed by atoms with Gasteiger partial charge in [0.2, 0.25) is 0 Å². The molecule has 94 valence electrons. The maximum Gasteiger partial charge on any atom is 0.102 e. The van der Waals surface area contributed by atoms with Crippen LogP contribution in [0.2, 0.25) is 0 Å². The van der Waals surface area contributed by atoms with Gasteiger partial charge in [0, 0.05) is 18.0 Å². The third-order valence-electron chi connectivity index (χ3n) is 3.90. The number of rotatable bonds is 2. The molecule has 0 aromatic heterocycles. The van der Waals surface area contributed by atoms with E-state index in [1.165, 1.54) is 0 Å². The Hall–Kier alpha value is -2.27. The van der Waals surface area contributed by atoms with E-state index in [0.29, 0.717) is 6.04 Å². The van der Waals surface area contributed by atoms with Crippen LogP contribution in [0.25, 0.3) is 10.8 Å². The Balaban J connectivity index is 2.19. The minimum absolute atomic E-state index is 0.355. The molecule has 3 rings (SSSR count). The third-order valence-corrected chi connectivity index (χ3v) is 3.90. The van der Waals surface area contributed by atoms with Crippen LogP contribution in [-0.2, 0) is 0 Å². The molecule has 2 heteroatoms. The molecule has 0 N–H and O–H groups in total. The van der Waals surface area contributed by atoms with Crippen molar-refractivity contribution in [3.63, 3.8) is 0 Å². The van der Waals surface area contributed by atoms with E-state index in [9.17, 15) is 5.26 Å². The van der Waals surface area contributed by atoms with Gasteiger partial charge in [-0.15, -0.1) is 6.58 Å². The second-order valence-corrected chi connectivity index (χ2v) is 4.93. The molecule has 1 saturated heterocycles. The first-order valence-electron chi connectivity index (χ1n) is 6.66. The lowest BCUT2D eigenvalue weighted by atomic mass is 10.0. The molecule has 0 radical (unpaired) electrons. The zero-order chi connectivity index (χ0) is 13.2. The molecule has 1 aliphatic rings. The van der Waals surface area contributed by atoms with Crippen LogP contribution in [0.5, 0.6) is 0 Å². The van der Waals surface area contributed by atoms with Gasteiger partial charge in [0.15, 0.2) is 0 Å². The Morgan fingerprint density at radius 2 is 2.11 bits per heavy atom. The number of nitriles is 1. The van der Waals surface area contributed by atoms with Gasteiger partial charge in [0.25, 0.3) is 0 Å². The minimum Gasteiger partial charge on any atom is -0.364 e. The quantitative estimate of drug-likeness (QED) is 0.754. The average molecular weight is 248 g/mol. The fourth-order valence-corrected chi connectivity index (χ4v) is 2.95. The van der Waals surface area contributed by atoms with Gasteiger partial charge in [-0.2, -0.15) is 5.26 Å². The molecule has 0 aliphatic carbocycles. The monoisotopic (exact) mass is 248 g/mol. The fourth-order valence-electron chi connectivity index (χ4n) is 2.95. The lowest BCUT2D eigenvalue weighted by molar-refractivity contribution is 0.807. The normalized spacial score (nSPS) is 18.5. The van der Waals surface area contributed by atoms with E-state index < -0.39 is 0 Å². The molecule has 2 aromatic carbocycles. The molecule has 2 nitrogen and oxygen atoms in total. The number of benzene rings is 2. The fraction of sp³-hybridized carbons (Fsp3) is 0.235. The molecular formula is C17H16N2. The van der Waals surface area contributed by atoms with E-state index in [0.717, 1.165) is 41.4 Å². The average Bonchev–Trinajstić information content (AvgIpc) is 2.94. The molecule has 2 aromatic rings.